The predicted octanol–water partition coefficient (Wildman–Crippen LogP) is 4.32. The number of likely N-dealkylation sites (tertiary alicyclic amines) is 1. The van der Waals surface area contributed by atoms with Crippen LogP contribution in [-0.2, 0) is 0 Å². The molecule has 1 aliphatic heterocycles. The SMILES string of the molecule is COc1ccc(C(=O)N2CCCC(c3nc4ccccc4s3)C2)cc1. The molecule has 25 heavy (non-hydrogen) atoms. The number of benzene rings is 2. The Kier molecular flexibility index (Phi) is 4.40. The molecule has 0 N–H and O–H groups in total. The zero-order chi connectivity index (χ0) is 17.2. The lowest BCUT2D eigenvalue weighted by Gasteiger charge is -2.32. The Balaban J connectivity index is 1.52. The van der Waals surface area contributed by atoms with Crippen molar-refractivity contribution in [3.05, 3.63) is 59.1 Å². The molecule has 5 heteroatoms. The second-order valence-corrected chi connectivity index (χ2v) is 7.40. The molecule has 1 atom stereocenters. The minimum absolute atomic E-state index is 0.0912. The molecule has 1 aromatic heterocycles. The van der Waals surface area contributed by atoms with Crippen LogP contribution in [0.4, 0.5) is 0 Å². The number of hydrogen-bond donors (Lipinski definition) is 0. The number of rotatable bonds is 3. The highest BCUT2D eigenvalue weighted by Crippen LogP contribution is 2.33. The van der Waals surface area contributed by atoms with E-state index in [1.54, 1.807) is 18.4 Å². The van der Waals surface area contributed by atoms with Gasteiger partial charge in [-0.3, -0.25) is 4.79 Å². The minimum atomic E-state index is 0.0912. The van der Waals surface area contributed by atoms with Crippen molar-refractivity contribution in [1.82, 2.24) is 9.88 Å². The third-order valence-electron chi connectivity index (χ3n) is 4.71. The largest absolute Gasteiger partial charge is 0.497 e. The van der Waals surface area contributed by atoms with Crippen LogP contribution in [0, 0.1) is 0 Å². The number of nitrogens with zero attached hydrogens (tertiary/aromatic N) is 2. The Morgan fingerprint density at radius 1 is 1.20 bits per heavy atom. The molecule has 1 saturated heterocycles. The van der Waals surface area contributed by atoms with Crippen LogP contribution >= 0.6 is 11.3 Å². The molecule has 0 radical (unpaired) electrons. The third kappa shape index (κ3) is 3.24. The summed E-state index contributed by atoms with van der Waals surface area (Å²) in [6.45, 7) is 1.55. The molecule has 2 heterocycles. The lowest BCUT2D eigenvalue weighted by molar-refractivity contribution is 0.0707. The Morgan fingerprint density at radius 3 is 2.76 bits per heavy atom. The first-order chi connectivity index (χ1) is 12.2. The molecule has 2 aromatic carbocycles. The van der Waals surface area contributed by atoms with Crippen molar-refractivity contribution in [2.24, 2.45) is 0 Å². The van der Waals surface area contributed by atoms with Crippen molar-refractivity contribution in [1.29, 1.82) is 0 Å². The summed E-state index contributed by atoms with van der Waals surface area (Å²) in [4.78, 5) is 19.6. The van der Waals surface area contributed by atoms with Crippen LogP contribution in [0.5, 0.6) is 5.75 Å². The molecule has 1 fully saturated rings. The summed E-state index contributed by atoms with van der Waals surface area (Å²) in [5.41, 5.74) is 1.77. The summed E-state index contributed by atoms with van der Waals surface area (Å²) in [6, 6.07) is 15.6. The van der Waals surface area contributed by atoms with Gasteiger partial charge in [-0.15, -0.1) is 11.3 Å². The van der Waals surface area contributed by atoms with E-state index in [1.807, 2.05) is 41.3 Å². The van der Waals surface area contributed by atoms with Crippen molar-refractivity contribution >= 4 is 27.5 Å². The zero-order valence-electron chi connectivity index (χ0n) is 14.1. The molecule has 1 amide bonds. The summed E-state index contributed by atoms with van der Waals surface area (Å²) >= 11 is 1.75. The Bertz CT molecular complexity index is 855. The fraction of sp³-hybridized carbons (Fsp3) is 0.300. The van der Waals surface area contributed by atoms with E-state index >= 15 is 0 Å². The molecule has 1 aliphatic rings. The van der Waals surface area contributed by atoms with Crippen molar-refractivity contribution in [2.75, 3.05) is 20.2 Å². The van der Waals surface area contributed by atoms with Gasteiger partial charge in [0.1, 0.15) is 5.75 Å². The molecule has 0 saturated carbocycles. The zero-order valence-corrected chi connectivity index (χ0v) is 15.0. The first-order valence-electron chi connectivity index (χ1n) is 8.53. The van der Waals surface area contributed by atoms with Gasteiger partial charge in [0.15, 0.2) is 0 Å². The molecule has 1 unspecified atom stereocenters. The van der Waals surface area contributed by atoms with E-state index in [9.17, 15) is 4.79 Å². The Morgan fingerprint density at radius 2 is 2.00 bits per heavy atom. The number of para-hydroxylation sites is 1. The van der Waals surface area contributed by atoms with E-state index in [0.29, 0.717) is 11.5 Å². The van der Waals surface area contributed by atoms with E-state index in [2.05, 4.69) is 12.1 Å². The highest BCUT2D eigenvalue weighted by atomic mass is 32.1. The molecular formula is C20H20N2O2S. The number of carbonyl (C=O) groups is 1. The van der Waals surface area contributed by atoms with Crippen LogP contribution in [-0.4, -0.2) is 36.0 Å². The van der Waals surface area contributed by atoms with E-state index in [1.165, 1.54) is 4.70 Å². The molecule has 0 aliphatic carbocycles. The van der Waals surface area contributed by atoms with E-state index < -0.39 is 0 Å². The fourth-order valence-corrected chi connectivity index (χ4v) is 4.44. The smallest absolute Gasteiger partial charge is 0.253 e. The van der Waals surface area contributed by atoms with Gasteiger partial charge < -0.3 is 9.64 Å². The molecule has 0 bridgehead atoms. The number of piperidine rings is 1. The summed E-state index contributed by atoms with van der Waals surface area (Å²) in [5.74, 6) is 1.18. The third-order valence-corrected chi connectivity index (χ3v) is 5.90. The normalized spacial score (nSPS) is 17.6. The maximum Gasteiger partial charge on any atom is 0.253 e. The topological polar surface area (TPSA) is 42.4 Å². The second kappa shape index (κ2) is 6.84. The van der Waals surface area contributed by atoms with Crippen LogP contribution in [0.3, 0.4) is 0 Å². The lowest BCUT2D eigenvalue weighted by Crippen LogP contribution is -2.39. The highest BCUT2D eigenvalue weighted by Gasteiger charge is 2.27. The van der Waals surface area contributed by atoms with Crippen LogP contribution < -0.4 is 4.74 Å². The number of fused-ring (bicyclic) bond motifs is 1. The average molecular weight is 352 g/mol. The van der Waals surface area contributed by atoms with Crippen LogP contribution in [0.25, 0.3) is 10.2 Å². The second-order valence-electron chi connectivity index (χ2n) is 6.34. The van der Waals surface area contributed by atoms with Gasteiger partial charge in [0.25, 0.3) is 5.91 Å². The van der Waals surface area contributed by atoms with E-state index in [0.717, 1.165) is 42.2 Å². The van der Waals surface area contributed by atoms with Crippen LogP contribution in [0.1, 0.15) is 34.1 Å². The number of carbonyl (C=O) groups excluding carboxylic acids is 1. The summed E-state index contributed by atoms with van der Waals surface area (Å²) in [6.07, 6.45) is 2.11. The number of hydrogen-bond acceptors (Lipinski definition) is 4. The standard InChI is InChI=1S/C20H20N2O2S/c1-24-16-10-8-14(9-11-16)20(23)22-12-4-5-15(13-22)19-21-17-6-2-3-7-18(17)25-19/h2-3,6-11,15H,4-5,12-13H2,1H3. The minimum Gasteiger partial charge on any atom is -0.497 e. The molecule has 4 rings (SSSR count). The quantitative estimate of drug-likeness (QED) is 0.705. The predicted molar refractivity (Wildman–Crippen MR) is 100 cm³/mol. The number of methoxy groups -OCH3 is 1. The molecule has 4 nitrogen and oxygen atoms in total. The van der Waals surface area contributed by atoms with Crippen LogP contribution in [0.15, 0.2) is 48.5 Å². The van der Waals surface area contributed by atoms with Gasteiger partial charge in [-0.25, -0.2) is 4.98 Å². The number of ether oxygens (including phenoxy) is 1. The summed E-state index contributed by atoms with van der Waals surface area (Å²) < 4.78 is 6.38. The van der Waals surface area contributed by atoms with Gasteiger partial charge in [-0.2, -0.15) is 0 Å². The number of aromatic nitrogens is 1. The van der Waals surface area contributed by atoms with Gasteiger partial charge in [0.2, 0.25) is 0 Å². The first kappa shape index (κ1) is 16.1. The molecule has 3 aromatic rings. The molecule has 128 valence electrons. The summed E-state index contributed by atoms with van der Waals surface area (Å²) in [5, 5.41) is 1.15. The van der Waals surface area contributed by atoms with Crippen molar-refractivity contribution in [3.63, 3.8) is 0 Å². The molecule has 0 spiro atoms. The number of thiazole rings is 1. The van der Waals surface area contributed by atoms with Gasteiger partial charge >= 0.3 is 0 Å². The van der Waals surface area contributed by atoms with Crippen molar-refractivity contribution in [3.8, 4) is 5.75 Å². The first-order valence-corrected chi connectivity index (χ1v) is 9.35. The fourth-order valence-electron chi connectivity index (χ4n) is 3.34. The Hall–Kier alpha value is -2.40. The maximum atomic E-state index is 12.8. The summed E-state index contributed by atoms with van der Waals surface area (Å²) in [7, 11) is 1.63. The van der Waals surface area contributed by atoms with Crippen molar-refractivity contribution < 1.29 is 9.53 Å². The lowest BCUT2D eigenvalue weighted by atomic mass is 9.98. The Labute approximate surface area is 151 Å². The molecular weight excluding hydrogens is 332 g/mol. The van der Waals surface area contributed by atoms with Gasteiger partial charge in [-0.05, 0) is 49.2 Å². The van der Waals surface area contributed by atoms with Gasteiger partial charge in [0.05, 0.1) is 22.3 Å². The van der Waals surface area contributed by atoms with Gasteiger partial charge in [-0.1, -0.05) is 12.1 Å². The van der Waals surface area contributed by atoms with E-state index in [-0.39, 0.29) is 5.91 Å². The van der Waals surface area contributed by atoms with Crippen molar-refractivity contribution in [2.45, 2.75) is 18.8 Å². The highest BCUT2D eigenvalue weighted by molar-refractivity contribution is 7.18. The average Bonchev–Trinajstić information content (AvgIpc) is 3.12. The van der Waals surface area contributed by atoms with Gasteiger partial charge in [0, 0.05) is 24.6 Å². The van der Waals surface area contributed by atoms with Crippen LogP contribution in [0.2, 0.25) is 0 Å². The monoisotopic (exact) mass is 352 g/mol. The maximum absolute atomic E-state index is 12.8. The number of amides is 1. The van der Waals surface area contributed by atoms with E-state index in [4.69, 9.17) is 9.72 Å².